The molecule has 0 amide bonds. The van der Waals surface area contributed by atoms with E-state index in [-0.39, 0.29) is 29.1 Å². The molecule has 0 aliphatic carbocycles. The van der Waals surface area contributed by atoms with E-state index in [1.807, 2.05) is 19.9 Å². The molecule has 7 nitrogen and oxygen atoms in total. The maximum absolute atomic E-state index is 14.5. The lowest BCUT2D eigenvalue weighted by Gasteiger charge is -2.45. The van der Waals surface area contributed by atoms with Crippen molar-refractivity contribution >= 4 is 16.7 Å². The Morgan fingerprint density at radius 2 is 1.94 bits per heavy atom. The number of aryl methyl sites for hydroxylation is 1. The summed E-state index contributed by atoms with van der Waals surface area (Å²) in [6, 6.07) is 10.6. The molecule has 3 aromatic rings. The van der Waals surface area contributed by atoms with Crippen molar-refractivity contribution in [3.8, 4) is 11.8 Å². The Morgan fingerprint density at radius 1 is 1.18 bits per heavy atom. The van der Waals surface area contributed by atoms with Crippen LogP contribution in [-0.4, -0.2) is 46.2 Å². The van der Waals surface area contributed by atoms with Crippen molar-refractivity contribution < 1.29 is 17.9 Å². The fourth-order valence-corrected chi connectivity index (χ4v) is 4.40. The van der Waals surface area contributed by atoms with Gasteiger partial charge in [0.1, 0.15) is 28.8 Å². The van der Waals surface area contributed by atoms with Gasteiger partial charge in [-0.15, -0.1) is 0 Å². The minimum atomic E-state index is -3.01. The van der Waals surface area contributed by atoms with E-state index in [0.717, 1.165) is 6.07 Å². The van der Waals surface area contributed by atoms with Gasteiger partial charge in [-0.1, -0.05) is 6.07 Å². The molecule has 0 saturated carbocycles. The molecule has 0 unspecified atom stereocenters. The van der Waals surface area contributed by atoms with Crippen LogP contribution in [0.3, 0.4) is 0 Å². The first-order chi connectivity index (χ1) is 16.2. The van der Waals surface area contributed by atoms with E-state index < -0.39 is 12.4 Å². The van der Waals surface area contributed by atoms with Gasteiger partial charge in [-0.3, -0.25) is 9.69 Å². The number of hydrogen-bond acceptors (Lipinski definition) is 6. The SMILES string of the molecule is C[C@@H]1CN(c2cc(=O)n(C)c3ccc(C#N)nc23)[C@@H](C)CN1Cc1ccc(OC(F)F)cc1F. The molecular formula is C24H24F3N5O2. The quantitative estimate of drug-likeness (QED) is 0.566. The molecule has 1 saturated heterocycles. The average molecular weight is 471 g/mol. The summed E-state index contributed by atoms with van der Waals surface area (Å²) < 4.78 is 45.1. The second-order valence-corrected chi connectivity index (χ2v) is 8.51. The van der Waals surface area contributed by atoms with E-state index in [0.29, 0.717) is 41.9 Å². The Morgan fingerprint density at radius 3 is 2.62 bits per heavy atom. The fourth-order valence-electron chi connectivity index (χ4n) is 4.40. The zero-order chi connectivity index (χ0) is 24.6. The molecule has 1 aromatic carbocycles. The number of fused-ring (bicyclic) bond motifs is 1. The highest BCUT2D eigenvalue weighted by atomic mass is 19.3. The Hall–Kier alpha value is -3.58. The standard InChI is InChI=1S/C24H24F3N5O2/c1-14-12-32(21-9-22(33)30(3)20-7-5-17(10-28)29-23(20)21)15(2)11-31(14)13-16-4-6-18(8-19(16)25)34-24(26)27/h4-9,14-15,24H,11-13H2,1-3H3/t14-,15+/m1/s1. The van der Waals surface area contributed by atoms with E-state index >= 15 is 0 Å². The average Bonchev–Trinajstić information content (AvgIpc) is 2.79. The smallest absolute Gasteiger partial charge is 0.387 e. The lowest BCUT2D eigenvalue weighted by atomic mass is 10.0. The monoisotopic (exact) mass is 471 g/mol. The summed E-state index contributed by atoms with van der Waals surface area (Å²) in [4.78, 5) is 21.3. The zero-order valence-electron chi connectivity index (χ0n) is 19.0. The Labute approximate surface area is 194 Å². The highest BCUT2D eigenvalue weighted by Crippen LogP contribution is 2.30. The van der Waals surface area contributed by atoms with Crippen LogP contribution in [0.15, 0.2) is 41.2 Å². The summed E-state index contributed by atoms with van der Waals surface area (Å²) in [7, 11) is 1.67. The summed E-state index contributed by atoms with van der Waals surface area (Å²) in [6.07, 6.45) is 0. The van der Waals surface area contributed by atoms with Crippen molar-refractivity contribution in [2.24, 2.45) is 7.05 Å². The van der Waals surface area contributed by atoms with Crippen LogP contribution in [0.2, 0.25) is 0 Å². The third-order valence-corrected chi connectivity index (χ3v) is 6.23. The third kappa shape index (κ3) is 4.56. The maximum Gasteiger partial charge on any atom is 0.387 e. The molecule has 34 heavy (non-hydrogen) atoms. The van der Waals surface area contributed by atoms with Crippen LogP contribution < -0.4 is 15.2 Å². The van der Waals surface area contributed by atoms with Crippen molar-refractivity contribution in [3.63, 3.8) is 0 Å². The third-order valence-electron chi connectivity index (χ3n) is 6.23. The van der Waals surface area contributed by atoms with Crippen LogP contribution in [0, 0.1) is 17.1 Å². The summed E-state index contributed by atoms with van der Waals surface area (Å²) in [5.74, 6) is -0.824. The minimum Gasteiger partial charge on any atom is -0.435 e. The Balaban J connectivity index is 1.60. The summed E-state index contributed by atoms with van der Waals surface area (Å²) in [5, 5.41) is 9.30. The maximum atomic E-state index is 14.5. The van der Waals surface area contributed by atoms with Crippen LogP contribution in [0.25, 0.3) is 11.0 Å². The van der Waals surface area contributed by atoms with Gasteiger partial charge in [0.2, 0.25) is 0 Å². The van der Waals surface area contributed by atoms with E-state index in [1.54, 1.807) is 19.2 Å². The van der Waals surface area contributed by atoms with Crippen LogP contribution >= 0.6 is 0 Å². The molecule has 178 valence electrons. The number of nitriles is 1. The first-order valence-electron chi connectivity index (χ1n) is 10.8. The number of ether oxygens (including phenoxy) is 1. The molecule has 10 heteroatoms. The van der Waals surface area contributed by atoms with E-state index in [2.05, 4.69) is 19.5 Å². The van der Waals surface area contributed by atoms with Gasteiger partial charge in [0.25, 0.3) is 5.56 Å². The van der Waals surface area contributed by atoms with E-state index in [4.69, 9.17) is 0 Å². The molecule has 1 aliphatic heterocycles. The van der Waals surface area contributed by atoms with Gasteiger partial charge in [0.05, 0.1) is 11.2 Å². The second kappa shape index (κ2) is 9.35. The molecule has 0 bridgehead atoms. The van der Waals surface area contributed by atoms with Crippen molar-refractivity contribution in [2.45, 2.75) is 39.1 Å². The minimum absolute atomic E-state index is 0.00847. The first kappa shape index (κ1) is 23.6. The van der Waals surface area contributed by atoms with E-state index in [1.165, 1.54) is 22.8 Å². The van der Waals surface area contributed by atoms with Gasteiger partial charge in [-0.25, -0.2) is 9.37 Å². The number of rotatable bonds is 5. The first-order valence-corrected chi connectivity index (χ1v) is 10.8. The predicted octanol–water partition coefficient (Wildman–Crippen LogP) is 3.64. The number of anilines is 1. The molecule has 2 atom stereocenters. The molecule has 0 N–H and O–H groups in total. The molecule has 0 radical (unpaired) electrons. The second-order valence-electron chi connectivity index (χ2n) is 8.51. The number of pyridine rings is 2. The van der Waals surface area contributed by atoms with Crippen LogP contribution in [0.5, 0.6) is 5.75 Å². The number of hydrogen-bond donors (Lipinski definition) is 0. The highest BCUT2D eigenvalue weighted by molar-refractivity contribution is 5.89. The molecule has 4 rings (SSSR count). The molecule has 1 fully saturated rings. The van der Waals surface area contributed by atoms with Crippen LogP contribution in [0.1, 0.15) is 25.1 Å². The number of piperazine rings is 1. The highest BCUT2D eigenvalue weighted by Gasteiger charge is 2.31. The fraction of sp³-hybridized carbons (Fsp3) is 0.375. The molecule has 2 aromatic heterocycles. The van der Waals surface area contributed by atoms with Gasteiger partial charge in [-0.05, 0) is 32.0 Å². The van der Waals surface area contributed by atoms with Gasteiger partial charge < -0.3 is 14.2 Å². The van der Waals surface area contributed by atoms with Gasteiger partial charge >= 0.3 is 6.61 Å². The molecule has 3 heterocycles. The zero-order valence-corrected chi connectivity index (χ0v) is 19.0. The normalized spacial score (nSPS) is 18.9. The Bertz CT molecular complexity index is 1320. The Kier molecular flexibility index (Phi) is 6.48. The summed E-state index contributed by atoms with van der Waals surface area (Å²) in [5.41, 5.74) is 2.35. The molecule has 1 aliphatic rings. The topological polar surface area (TPSA) is 74.4 Å². The largest absolute Gasteiger partial charge is 0.435 e. The van der Waals surface area contributed by atoms with Crippen molar-refractivity contribution in [1.82, 2.24) is 14.5 Å². The van der Waals surface area contributed by atoms with E-state index in [9.17, 15) is 23.2 Å². The van der Waals surface area contributed by atoms with Crippen molar-refractivity contribution in [1.29, 1.82) is 5.26 Å². The van der Waals surface area contributed by atoms with Crippen molar-refractivity contribution in [3.05, 3.63) is 63.8 Å². The summed E-state index contributed by atoms with van der Waals surface area (Å²) >= 11 is 0. The van der Waals surface area contributed by atoms with Crippen LogP contribution in [-0.2, 0) is 13.6 Å². The molecule has 0 spiro atoms. The number of nitrogens with zero attached hydrogens (tertiary/aromatic N) is 5. The van der Waals surface area contributed by atoms with Gasteiger partial charge in [0.15, 0.2) is 0 Å². The number of alkyl halides is 2. The number of aromatic nitrogens is 2. The molecular weight excluding hydrogens is 447 g/mol. The number of benzene rings is 1. The van der Waals surface area contributed by atoms with Crippen LogP contribution in [0.4, 0.5) is 18.9 Å². The lowest BCUT2D eigenvalue weighted by Crippen LogP contribution is -2.56. The van der Waals surface area contributed by atoms with Gasteiger partial charge in [0, 0.05) is 56.5 Å². The van der Waals surface area contributed by atoms with Gasteiger partial charge in [-0.2, -0.15) is 14.0 Å². The predicted molar refractivity (Wildman–Crippen MR) is 121 cm³/mol. The van der Waals surface area contributed by atoms with Crippen molar-refractivity contribution in [2.75, 3.05) is 18.0 Å². The lowest BCUT2D eigenvalue weighted by molar-refractivity contribution is -0.0500. The summed E-state index contributed by atoms with van der Waals surface area (Å²) in [6.45, 7) is 2.42. The number of halogens is 3.